The fourth-order valence-corrected chi connectivity index (χ4v) is 6.11. The van der Waals surface area contributed by atoms with E-state index in [4.69, 9.17) is 0 Å². The molecule has 0 atom stereocenters. The number of carbonyl (C=O) groups excluding carboxylic acids is 1. The van der Waals surface area contributed by atoms with Crippen molar-refractivity contribution in [2.45, 2.75) is 30.6 Å². The van der Waals surface area contributed by atoms with Crippen molar-refractivity contribution in [3.8, 4) is 0 Å². The summed E-state index contributed by atoms with van der Waals surface area (Å²) in [6.45, 7) is 1.53. The van der Waals surface area contributed by atoms with Crippen LogP contribution < -0.4 is 0 Å². The van der Waals surface area contributed by atoms with E-state index in [9.17, 15) is 21.6 Å². The summed E-state index contributed by atoms with van der Waals surface area (Å²) in [5.41, 5.74) is 0.716. The molecule has 2 fully saturated rings. The van der Waals surface area contributed by atoms with E-state index >= 15 is 0 Å². The van der Waals surface area contributed by atoms with E-state index in [2.05, 4.69) is 0 Å². The molecule has 0 unspecified atom stereocenters. The molecule has 1 amide bonds. The molecular weight excluding hydrogens is 400 g/mol. The van der Waals surface area contributed by atoms with Crippen LogP contribution >= 0.6 is 0 Å². The van der Waals surface area contributed by atoms with Gasteiger partial charge in [-0.25, -0.2) is 16.8 Å². The molecule has 3 rings (SSSR count). The molecular formula is C19H26N2O5S2. The van der Waals surface area contributed by atoms with E-state index in [1.165, 1.54) is 11.0 Å². The molecule has 0 radical (unpaired) electrons. The number of hydrogen-bond donors (Lipinski definition) is 0. The molecule has 0 aromatic heterocycles. The van der Waals surface area contributed by atoms with Crippen molar-refractivity contribution in [3.63, 3.8) is 0 Å². The average Bonchev–Trinajstić information content (AvgIpc) is 2.96. The minimum atomic E-state index is -3.48. The van der Waals surface area contributed by atoms with Crippen molar-refractivity contribution in [1.82, 2.24) is 9.21 Å². The first-order chi connectivity index (χ1) is 13.3. The van der Waals surface area contributed by atoms with Crippen molar-refractivity contribution >= 4 is 31.8 Å². The van der Waals surface area contributed by atoms with Gasteiger partial charge in [-0.3, -0.25) is 4.79 Å². The van der Waals surface area contributed by atoms with E-state index in [1.54, 1.807) is 34.6 Å². The van der Waals surface area contributed by atoms with Crippen molar-refractivity contribution in [1.29, 1.82) is 0 Å². The van der Waals surface area contributed by atoms with Gasteiger partial charge in [0, 0.05) is 32.3 Å². The minimum Gasteiger partial charge on any atom is -0.337 e. The van der Waals surface area contributed by atoms with E-state index in [1.807, 2.05) is 0 Å². The first kappa shape index (κ1) is 21.0. The third kappa shape index (κ3) is 5.21. The highest BCUT2D eigenvalue weighted by molar-refractivity contribution is 7.91. The number of sulfonamides is 1. The van der Waals surface area contributed by atoms with Crippen LogP contribution in [0, 0.1) is 0 Å². The summed E-state index contributed by atoms with van der Waals surface area (Å²) in [4.78, 5) is 14.0. The summed E-state index contributed by atoms with van der Waals surface area (Å²) >= 11 is 0. The zero-order valence-corrected chi connectivity index (χ0v) is 17.4. The number of rotatable bonds is 4. The van der Waals surface area contributed by atoms with Crippen molar-refractivity contribution < 1.29 is 21.6 Å². The normalized spacial score (nSPS) is 21.5. The molecule has 1 aromatic carbocycles. The summed E-state index contributed by atoms with van der Waals surface area (Å²) in [6, 6.07) is 6.49. The van der Waals surface area contributed by atoms with Gasteiger partial charge in [0.2, 0.25) is 15.9 Å². The summed E-state index contributed by atoms with van der Waals surface area (Å²) in [7, 11) is -6.51. The second-order valence-corrected chi connectivity index (χ2v) is 11.4. The van der Waals surface area contributed by atoms with Gasteiger partial charge in [0.05, 0.1) is 16.4 Å². The van der Waals surface area contributed by atoms with Crippen LogP contribution in [0.15, 0.2) is 35.2 Å². The molecule has 1 aromatic rings. The Bertz CT molecular complexity index is 915. The maximum absolute atomic E-state index is 12.8. The summed E-state index contributed by atoms with van der Waals surface area (Å²) in [5.74, 6) is -0.248. The Morgan fingerprint density at radius 2 is 1.46 bits per heavy atom. The standard InChI is InChI=1S/C19H26N2O5S2/c22-19(20-13-15-27(23,24)16-14-20)10-7-17-5-8-18(9-6-17)28(25,26)21-11-3-1-2-4-12-21/h5-10H,1-4,11-16H2/b10-7+. The van der Waals surface area contributed by atoms with Crippen molar-refractivity contribution in [2.24, 2.45) is 0 Å². The second kappa shape index (κ2) is 8.75. The Hall–Kier alpha value is -1.71. The van der Waals surface area contributed by atoms with Gasteiger partial charge in [-0.2, -0.15) is 4.31 Å². The SMILES string of the molecule is O=C(/C=C/c1ccc(S(=O)(=O)N2CCCCCC2)cc1)N1CCS(=O)(=O)CC1. The van der Waals surface area contributed by atoms with Gasteiger partial charge in [-0.1, -0.05) is 25.0 Å². The van der Waals surface area contributed by atoms with Crippen LogP contribution in [-0.2, 0) is 24.7 Å². The van der Waals surface area contributed by atoms with Crippen molar-refractivity contribution in [2.75, 3.05) is 37.7 Å². The fourth-order valence-electron chi connectivity index (χ4n) is 3.39. The molecule has 2 saturated heterocycles. The highest BCUT2D eigenvalue weighted by atomic mass is 32.2. The van der Waals surface area contributed by atoms with Gasteiger partial charge in [-0.15, -0.1) is 0 Å². The Kier molecular flexibility index (Phi) is 6.57. The number of nitrogens with zero attached hydrogens (tertiary/aromatic N) is 2. The molecule has 9 heteroatoms. The maximum atomic E-state index is 12.8. The zero-order valence-electron chi connectivity index (χ0n) is 15.8. The van der Waals surface area contributed by atoms with E-state index in [-0.39, 0.29) is 35.4 Å². The Balaban J connectivity index is 1.64. The Labute approximate surface area is 167 Å². The first-order valence-corrected chi connectivity index (χ1v) is 12.8. The molecule has 2 aliphatic heterocycles. The van der Waals surface area contributed by atoms with Crippen molar-refractivity contribution in [3.05, 3.63) is 35.9 Å². The molecule has 2 aliphatic rings. The van der Waals surface area contributed by atoms with Gasteiger partial charge in [-0.05, 0) is 36.6 Å². The minimum absolute atomic E-state index is 0.00433. The maximum Gasteiger partial charge on any atom is 0.246 e. The quantitative estimate of drug-likeness (QED) is 0.681. The molecule has 154 valence electrons. The van der Waals surface area contributed by atoms with E-state index in [0.29, 0.717) is 18.7 Å². The molecule has 2 heterocycles. The van der Waals surface area contributed by atoms with Gasteiger partial charge in [0.25, 0.3) is 0 Å². The summed E-state index contributed by atoms with van der Waals surface area (Å²) in [6.07, 6.45) is 6.92. The van der Waals surface area contributed by atoms with Gasteiger partial charge in [0.15, 0.2) is 9.84 Å². The van der Waals surface area contributed by atoms with E-state index in [0.717, 1.165) is 25.7 Å². The van der Waals surface area contributed by atoms with E-state index < -0.39 is 19.9 Å². The fraction of sp³-hybridized carbons (Fsp3) is 0.526. The average molecular weight is 427 g/mol. The molecule has 0 saturated carbocycles. The summed E-state index contributed by atoms with van der Waals surface area (Å²) in [5, 5.41) is 0. The number of benzene rings is 1. The third-order valence-electron chi connectivity index (χ3n) is 5.16. The van der Waals surface area contributed by atoms with Crippen LogP contribution in [0.25, 0.3) is 6.08 Å². The summed E-state index contributed by atoms with van der Waals surface area (Å²) < 4.78 is 50.0. The molecule has 0 bridgehead atoms. The van der Waals surface area contributed by atoms with Crippen LogP contribution in [-0.4, -0.2) is 69.6 Å². The highest BCUT2D eigenvalue weighted by Crippen LogP contribution is 2.21. The van der Waals surface area contributed by atoms with Crippen LogP contribution in [0.4, 0.5) is 0 Å². The number of amides is 1. The highest BCUT2D eigenvalue weighted by Gasteiger charge is 2.25. The predicted octanol–water partition coefficient (Wildman–Crippen LogP) is 1.52. The lowest BCUT2D eigenvalue weighted by Crippen LogP contribution is -2.43. The largest absolute Gasteiger partial charge is 0.337 e. The zero-order chi connectivity index (χ0) is 20.2. The second-order valence-electron chi connectivity index (χ2n) is 7.20. The number of sulfone groups is 1. The third-order valence-corrected chi connectivity index (χ3v) is 8.68. The Morgan fingerprint density at radius 1 is 0.893 bits per heavy atom. The number of hydrogen-bond acceptors (Lipinski definition) is 5. The van der Waals surface area contributed by atoms with Gasteiger partial charge in [0.1, 0.15) is 0 Å². The lowest BCUT2D eigenvalue weighted by atomic mass is 10.2. The molecule has 28 heavy (non-hydrogen) atoms. The molecule has 0 N–H and O–H groups in total. The monoisotopic (exact) mass is 426 g/mol. The topological polar surface area (TPSA) is 91.8 Å². The molecule has 7 nitrogen and oxygen atoms in total. The van der Waals surface area contributed by atoms with Gasteiger partial charge >= 0.3 is 0 Å². The first-order valence-electron chi connectivity index (χ1n) is 9.56. The lowest BCUT2D eigenvalue weighted by molar-refractivity contribution is -0.125. The van der Waals surface area contributed by atoms with Gasteiger partial charge < -0.3 is 4.90 Å². The predicted molar refractivity (Wildman–Crippen MR) is 108 cm³/mol. The smallest absolute Gasteiger partial charge is 0.246 e. The van der Waals surface area contributed by atoms with Crippen LogP contribution in [0.5, 0.6) is 0 Å². The van der Waals surface area contributed by atoms with Crippen LogP contribution in [0.3, 0.4) is 0 Å². The Morgan fingerprint density at radius 3 is 2.04 bits per heavy atom. The molecule has 0 aliphatic carbocycles. The van der Waals surface area contributed by atoms with Crippen LogP contribution in [0.1, 0.15) is 31.2 Å². The molecule has 0 spiro atoms. The lowest BCUT2D eigenvalue weighted by Gasteiger charge is -2.25. The number of carbonyl (C=O) groups is 1. The van der Waals surface area contributed by atoms with Crippen LogP contribution in [0.2, 0.25) is 0 Å².